The van der Waals surface area contributed by atoms with Gasteiger partial charge < -0.3 is 5.32 Å². The Hall–Kier alpha value is -2.74. The first-order chi connectivity index (χ1) is 13.4. The number of carbonyl (C=O) groups excluding carboxylic acids is 1. The number of rotatable bonds is 7. The lowest BCUT2D eigenvalue weighted by molar-refractivity contribution is -0.119. The third-order valence-corrected chi connectivity index (χ3v) is 4.76. The Morgan fingerprint density at radius 3 is 2.50 bits per heavy atom. The van der Waals surface area contributed by atoms with E-state index >= 15 is 0 Å². The highest BCUT2D eigenvalue weighted by Gasteiger charge is 2.29. The number of alkyl halides is 3. The van der Waals surface area contributed by atoms with Gasteiger partial charge in [-0.05, 0) is 40.1 Å². The first-order valence-corrected chi connectivity index (χ1v) is 9.51. The lowest BCUT2D eigenvalue weighted by Gasteiger charge is -2.12. The summed E-state index contributed by atoms with van der Waals surface area (Å²) >= 11 is -0.339. The van der Waals surface area contributed by atoms with Crippen molar-refractivity contribution in [2.45, 2.75) is 18.6 Å². The second kappa shape index (κ2) is 8.97. The van der Waals surface area contributed by atoms with E-state index in [0.717, 1.165) is 22.3 Å². The average Bonchev–Trinajstić information content (AvgIpc) is 3.18. The lowest BCUT2D eigenvalue weighted by atomic mass is 9.98. The summed E-state index contributed by atoms with van der Waals surface area (Å²) in [5.41, 5.74) is -0.571. The summed E-state index contributed by atoms with van der Waals surface area (Å²) in [5.74, 6) is -1.29. The van der Waals surface area contributed by atoms with Gasteiger partial charge in [-0.3, -0.25) is 9.48 Å². The van der Waals surface area contributed by atoms with E-state index in [1.54, 1.807) is 6.20 Å². The quantitative estimate of drug-likeness (QED) is 0.631. The van der Waals surface area contributed by atoms with Gasteiger partial charge in [-0.2, -0.15) is 18.3 Å². The van der Waals surface area contributed by atoms with Crippen molar-refractivity contribution in [3.05, 3.63) is 78.1 Å². The Morgan fingerprint density at radius 1 is 1.07 bits per heavy atom. The summed E-state index contributed by atoms with van der Waals surface area (Å²) in [4.78, 5) is 11.7. The minimum absolute atomic E-state index is 0.169. The molecule has 1 aromatic heterocycles. The number of halogens is 3. The zero-order chi connectivity index (χ0) is 20.0. The number of thioether (sulfide) groups is 1. The zero-order valence-electron chi connectivity index (χ0n) is 14.8. The Morgan fingerprint density at radius 2 is 1.82 bits per heavy atom. The van der Waals surface area contributed by atoms with Crippen molar-refractivity contribution in [2.75, 3.05) is 5.75 Å². The molecule has 0 fully saturated rings. The summed E-state index contributed by atoms with van der Waals surface area (Å²) in [6.07, 6.45) is 3.62. The van der Waals surface area contributed by atoms with Crippen LogP contribution in [0.2, 0.25) is 0 Å². The first kappa shape index (κ1) is 20.0. The van der Waals surface area contributed by atoms with Gasteiger partial charge in [0, 0.05) is 18.9 Å². The Balaban J connectivity index is 1.65. The molecule has 28 heavy (non-hydrogen) atoms. The molecule has 8 heteroatoms. The summed E-state index contributed by atoms with van der Waals surface area (Å²) in [7, 11) is 0. The number of aromatic nitrogens is 2. The van der Waals surface area contributed by atoms with Crippen LogP contribution in [-0.4, -0.2) is 26.9 Å². The number of hydrogen-bond donors (Lipinski definition) is 1. The maximum atomic E-state index is 12.2. The molecule has 0 radical (unpaired) electrons. The topological polar surface area (TPSA) is 46.9 Å². The van der Waals surface area contributed by atoms with Gasteiger partial charge in [-0.1, -0.05) is 48.5 Å². The smallest absolute Gasteiger partial charge is 0.351 e. The van der Waals surface area contributed by atoms with Crippen LogP contribution in [0.5, 0.6) is 0 Å². The molecule has 2 aromatic carbocycles. The van der Waals surface area contributed by atoms with Gasteiger partial charge in [-0.25, -0.2) is 0 Å². The molecule has 1 heterocycles. The van der Waals surface area contributed by atoms with Crippen LogP contribution in [0.15, 0.2) is 67.0 Å². The van der Waals surface area contributed by atoms with Gasteiger partial charge in [-0.15, -0.1) is 0 Å². The van der Waals surface area contributed by atoms with E-state index in [-0.39, 0.29) is 18.3 Å². The van der Waals surface area contributed by atoms with E-state index in [1.165, 1.54) is 0 Å². The van der Waals surface area contributed by atoms with Crippen molar-refractivity contribution < 1.29 is 18.0 Å². The minimum Gasteiger partial charge on any atom is -0.351 e. The Bertz CT molecular complexity index is 909. The van der Waals surface area contributed by atoms with Crippen LogP contribution in [0.3, 0.4) is 0 Å². The maximum Gasteiger partial charge on any atom is 0.442 e. The normalized spacial score (nSPS) is 11.4. The fourth-order valence-corrected chi connectivity index (χ4v) is 3.12. The number of carbonyl (C=O) groups is 1. The Kier molecular flexibility index (Phi) is 6.41. The number of amides is 1. The van der Waals surface area contributed by atoms with Gasteiger partial charge in [0.25, 0.3) is 0 Å². The van der Waals surface area contributed by atoms with Crippen molar-refractivity contribution in [1.29, 1.82) is 0 Å². The van der Waals surface area contributed by atoms with Crippen molar-refractivity contribution in [3.8, 4) is 11.1 Å². The molecule has 0 aliphatic heterocycles. The molecule has 0 saturated carbocycles. The molecule has 0 bridgehead atoms. The fourth-order valence-electron chi connectivity index (χ4n) is 2.72. The van der Waals surface area contributed by atoms with Crippen molar-refractivity contribution in [3.63, 3.8) is 0 Å². The minimum atomic E-state index is -4.41. The van der Waals surface area contributed by atoms with E-state index in [2.05, 4.69) is 10.4 Å². The van der Waals surface area contributed by atoms with Gasteiger partial charge in [0.2, 0.25) is 5.91 Å². The number of nitrogens with one attached hydrogen (secondary N) is 1. The van der Waals surface area contributed by atoms with Gasteiger partial charge in [0.15, 0.2) is 0 Å². The van der Waals surface area contributed by atoms with Crippen LogP contribution >= 0.6 is 11.8 Å². The molecule has 3 rings (SSSR count). The highest BCUT2D eigenvalue weighted by Crippen LogP contribution is 2.29. The third kappa shape index (κ3) is 5.88. The van der Waals surface area contributed by atoms with Crippen LogP contribution in [-0.2, 0) is 17.9 Å². The zero-order valence-corrected chi connectivity index (χ0v) is 15.6. The first-order valence-electron chi connectivity index (χ1n) is 8.53. The van der Waals surface area contributed by atoms with Crippen LogP contribution < -0.4 is 5.32 Å². The molecule has 1 N–H and O–H groups in total. The lowest BCUT2D eigenvalue weighted by Crippen LogP contribution is -2.26. The molecule has 0 spiro atoms. The predicted octanol–water partition coefficient (Wildman–Crippen LogP) is 4.47. The van der Waals surface area contributed by atoms with Gasteiger partial charge in [0.05, 0.1) is 12.3 Å². The molecule has 1 amide bonds. The summed E-state index contributed by atoms with van der Waals surface area (Å²) in [5, 5.41) is 6.73. The summed E-state index contributed by atoms with van der Waals surface area (Å²) < 4.78 is 38.4. The molecule has 4 nitrogen and oxygen atoms in total. The van der Waals surface area contributed by atoms with E-state index in [1.807, 2.05) is 65.5 Å². The molecule has 0 aliphatic carbocycles. The third-order valence-electron chi connectivity index (χ3n) is 4.03. The molecular weight excluding hydrogens is 387 g/mol. The number of benzene rings is 2. The van der Waals surface area contributed by atoms with Crippen LogP contribution in [0.25, 0.3) is 11.1 Å². The largest absolute Gasteiger partial charge is 0.442 e. The molecule has 0 unspecified atom stereocenters. The summed E-state index contributed by atoms with van der Waals surface area (Å²) in [6.45, 7) is 0.838. The van der Waals surface area contributed by atoms with Gasteiger partial charge >= 0.3 is 5.51 Å². The van der Waals surface area contributed by atoms with Gasteiger partial charge in [0.1, 0.15) is 0 Å². The molecular formula is C20H18F3N3OS. The standard InChI is InChI=1S/C20H18F3N3OS/c21-20(22,23)28-14-19(27)24-12-17-4-1-2-5-18(17)16-8-6-15(7-9-16)13-26-11-3-10-25-26/h1-11H,12-14H2,(H,24,27). The average molecular weight is 405 g/mol. The predicted molar refractivity (Wildman–Crippen MR) is 104 cm³/mol. The van der Waals surface area contributed by atoms with Crippen molar-refractivity contribution in [1.82, 2.24) is 15.1 Å². The monoisotopic (exact) mass is 405 g/mol. The highest BCUT2D eigenvalue weighted by molar-refractivity contribution is 8.00. The molecule has 0 atom stereocenters. The van der Waals surface area contributed by atoms with E-state index in [4.69, 9.17) is 0 Å². The SMILES string of the molecule is O=C(CSC(F)(F)F)NCc1ccccc1-c1ccc(Cn2cccn2)cc1. The van der Waals surface area contributed by atoms with Crippen LogP contribution in [0.4, 0.5) is 13.2 Å². The molecule has 0 aliphatic rings. The number of nitrogens with zero attached hydrogens (tertiary/aromatic N) is 2. The molecule has 0 saturated heterocycles. The molecule has 3 aromatic rings. The molecule has 146 valence electrons. The van der Waals surface area contributed by atoms with Crippen molar-refractivity contribution >= 4 is 17.7 Å². The van der Waals surface area contributed by atoms with E-state index in [0.29, 0.717) is 6.54 Å². The second-order valence-corrected chi connectivity index (χ2v) is 7.11. The van der Waals surface area contributed by atoms with Crippen LogP contribution in [0.1, 0.15) is 11.1 Å². The van der Waals surface area contributed by atoms with E-state index < -0.39 is 17.2 Å². The second-order valence-electron chi connectivity index (χ2n) is 6.07. The highest BCUT2D eigenvalue weighted by atomic mass is 32.2. The Labute approximate surface area is 164 Å². The maximum absolute atomic E-state index is 12.2. The summed E-state index contributed by atoms with van der Waals surface area (Å²) in [6, 6.07) is 17.3. The van der Waals surface area contributed by atoms with Crippen molar-refractivity contribution in [2.24, 2.45) is 0 Å². The fraction of sp³-hybridized carbons (Fsp3) is 0.200. The van der Waals surface area contributed by atoms with E-state index in [9.17, 15) is 18.0 Å². The van der Waals surface area contributed by atoms with Crippen LogP contribution in [0, 0.1) is 0 Å². The number of hydrogen-bond acceptors (Lipinski definition) is 3.